The molecule has 3 heterocycles. The molecule has 138 valence electrons. The number of anilines is 1. The minimum atomic E-state index is -0.0245. The Hall–Kier alpha value is -2.28. The highest BCUT2D eigenvalue weighted by Gasteiger charge is 2.36. The number of halogens is 1. The Balaban J connectivity index is 1.30. The Bertz CT molecular complexity index is 789. The number of benzene rings is 1. The molecule has 0 radical (unpaired) electrons. The number of carbonyl (C=O) groups is 1. The molecule has 2 aliphatic rings. The molecule has 1 N–H and O–H groups in total. The van der Waals surface area contributed by atoms with Gasteiger partial charge < -0.3 is 19.6 Å². The van der Waals surface area contributed by atoms with Crippen molar-refractivity contribution in [2.75, 3.05) is 31.1 Å². The molecule has 0 bridgehead atoms. The van der Waals surface area contributed by atoms with Gasteiger partial charge in [-0.25, -0.2) is 4.79 Å². The van der Waals surface area contributed by atoms with E-state index in [-0.39, 0.29) is 18.0 Å². The maximum atomic E-state index is 12.5. The van der Waals surface area contributed by atoms with E-state index in [9.17, 15) is 4.79 Å². The molecule has 1 atom stereocenters. The van der Waals surface area contributed by atoms with Crippen LogP contribution in [0.3, 0.4) is 0 Å². The van der Waals surface area contributed by atoms with Gasteiger partial charge in [0.1, 0.15) is 0 Å². The molecular weight excluding hydrogens is 354 g/mol. The van der Waals surface area contributed by atoms with Crippen LogP contribution >= 0.6 is 11.6 Å². The number of amides is 2. The number of likely N-dealkylation sites (tertiary alicyclic amines) is 1. The second kappa shape index (κ2) is 7.15. The summed E-state index contributed by atoms with van der Waals surface area (Å²) in [7, 11) is 0. The molecule has 0 aliphatic carbocycles. The average molecular weight is 376 g/mol. The van der Waals surface area contributed by atoms with Crippen molar-refractivity contribution in [3.8, 4) is 0 Å². The third-order valence-electron chi connectivity index (χ3n) is 5.00. The van der Waals surface area contributed by atoms with Gasteiger partial charge in [0.15, 0.2) is 5.82 Å². The predicted octanol–water partition coefficient (Wildman–Crippen LogP) is 2.81. The molecule has 2 aliphatic heterocycles. The lowest BCUT2D eigenvalue weighted by Gasteiger charge is -2.40. The zero-order valence-corrected chi connectivity index (χ0v) is 15.4. The Kier molecular flexibility index (Phi) is 4.72. The molecule has 1 aromatic carbocycles. The summed E-state index contributed by atoms with van der Waals surface area (Å²) in [5, 5.41) is 7.71. The number of urea groups is 1. The lowest BCUT2D eigenvalue weighted by Crippen LogP contribution is -2.57. The van der Waals surface area contributed by atoms with E-state index in [0.29, 0.717) is 24.8 Å². The molecule has 0 spiro atoms. The maximum Gasteiger partial charge on any atom is 0.317 e. The zero-order chi connectivity index (χ0) is 18.1. The number of piperidine rings is 1. The highest BCUT2D eigenvalue weighted by Crippen LogP contribution is 2.29. The van der Waals surface area contributed by atoms with Crippen LogP contribution in [0, 0.1) is 6.92 Å². The lowest BCUT2D eigenvalue weighted by atomic mass is 10.0. The van der Waals surface area contributed by atoms with Crippen molar-refractivity contribution < 1.29 is 9.32 Å². The summed E-state index contributed by atoms with van der Waals surface area (Å²) in [6, 6.07) is 7.95. The first-order chi connectivity index (χ1) is 12.6. The van der Waals surface area contributed by atoms with E-state index in [4.69, 9.17) is 16.1 Å². The first-order valence-corrected chi connectivity index (χ1v) is 9.33. The summed E-state index contributed by atoms with van der Waals surface area (Å²) >= 11 is 6.31. The highest BCUT2D eigenvalue weighted by atomic mass is 35.5. The van der Waals surface area contributed by atoms with E-state index in [1.807, 2.05) is 24.3 Å². The summed E-state index contributed by atoms with van der Waals surface area (Å²) < 4.78 is 5.18. The number of carbonyl (C=O) groups excluding carboxylic acids is 1. The van der Waals surface area contributed by atoms with Crippen LogP contribution in [0.2, 0.25) is 5.02 Å². The predicted molar refractivity (Wildman–Crippen MR) is 98.6 cm³/mol. The van der Waals surface area contributed by atoms with E-state index in [1.54, 1.807) is 11.8 Å². The molecule has 1 unspecified atom stereocenters. The van der Waals surface area contributed by atoms with Crippen molar-refractivity contribution in [2.24, 2.45) is 0 Å². The van der Waals surface area contributed by atoms with Gasteiger partial charge in [0.2, 0.25) is 5.89 Å². The molecule has 2 saturated heterocycles. The van der Waals surface area contributed by atoms with Crippen LogP contribution in [0.5, 0.6) is 0 Å². The Morgan fingerprint density at radius 2 is 2.12 bits per heavy atom. The minimum absolute atomic E-state index is 0.0245. The highest BCUT2D eigenvalue weighted by molar-refractivity contribution is 6.33. The quantitative estimate of drug-likeness (QED) is 0.892. The second-order valence-electron chi connectivity index (χ2n) is 6.97. The van der Waals surface area contributed by atoms with Crippen LogP contribution < -0.4 is 10.2 Å². The van der Waals surface area contributed by atoms with Gasteiger partial charge in [-0.1, -0.05) is 28.9 Å². The third kappa shape index (κ3) is 3.49. The fraction of sp³-hybridized carbons (Fsp3) is 0.500. The second-order valence-corrected chi connectivity index (χ2v) is 7.38. The number of aromatic nitrogens is 2. The molecule has 1 aromatic heterocycles. The summed E-state index contributed by atoms with van der Waals surface area (Å²) in [5.41, 5.74) is 1.03. The van der Waals surface area contributed by atoms with Gasteiger partial charge in [0, 0.05) is 32.2 Å². The standard InChI is InChI=1S/C18H22ClN5O2/c1-12-20-17(26-22-12)13-9-24(10-13)18(25)21-14-5-4-8-23(11-14)16-7-3-2-6-15(16)19/h2-3,6-7,13-14H,4-5,8-11H2,1H3,(H,21,25). The van der Waals surface area contributed by atoms with Crippen LogP contribution in [0.25, 0.3) is 0 Å². The summed E-state index contributed by atoms with van der Waals surface area (Å²) in [5.74, 6) is 1.40. The first kappa shape index (κ1) is 17.1. The molecule has 4 rings (SSSR count). The number of nitrogens with one attached hydrogen (secondary N) is 1. The molecular formula is C18H22ClN5O2. The summed E-state index contributed by atoms with van der Waals surface area (Å²) in [4.78, 5) is 20.8. The van der Waals surface area contributed by atoms with E-state index in [1.165, 1.54) is 0 Å². The van der Waals surface area contributed by atoms with Gasteiger partial charge in [-0.2, -0.15) is 4.98 Å². The van der Waals surface area contributed by atoms with Gasteiger partial charge in [-0.3, -0.25) is 0 Å². The Morgan fingerprint density at radius 1 is 1.31 bits per heavy atom. The van der Waals surface area contributed by atoms with Crippen LogP contribution in [-0.2, 0) is 0 Å². The van der Waals surface area contributed by atoms with E-state index in [0.717, 1.165) is 36.6 Å². The van der Waals surface area contributed by atoms with Gasteiger partial charge >= 0.3 is 6.03 Å². The summed E-state index contributed by atoms with van der Waals surface area (Å²) in [6.07, 6.45) is 2.01. The minimum Gasteiger partial charge on any atom is -0.368 e. The van der Waals surface area contributed by atoms with Gasteiger partial charge in [-0.15, -0.1) is 0 Å². The van der Waals surface area contributed by atoms with Crippen molar-refractivity contribution >= 4 is 23.3 Å². The lowest BCUT2D eigenvalue weighted by molar-refractivity contribution is 0.133. The molecule has 2 fully saturated rings. The van der Waals surface area contributed by atoms with Gasteiger partial charge in [0.25, 0.3) is 0 Å². The third-order valence-corrected chi connectivity index (χ3v) is 5.32. The van der Waals surface area contributed by atoms with E-state index >= 15 is 0 Å². The fourth-order valence-corrected chi connectivity index (χ4v) is 3.82. The number of aryl methyl sites for hydroxylation is 1. The molecule has 26 heavy (non-hydrogen) atoms. The molecule has 7 nitrogen and oxygen atoms in total. The molecule has 2 amide bonds. The SMILES string of the molecule is Cc1noc(C2CN(C(=O)NC3CCCN(c4ccccc4Cl)C3)C2)n1. The van der Waals surface area contributed by atoms with Crippen LogP contribution in [0.1, 0.15) is 30.5 Å². The van der Waals surface area contributed by atoms with Gasteiger partial charge in [0.05, 0.1) is 16.6 Å². The largest absolute Gasteiger partial charge is 0.368 e. The van der Waals surface area contributed by atoms with Crippen molar-refractivity contribution in [1.82, 2.24) is 20.4 Å². The number of hydrogen-bond donors (Lipinski definition) is 1. The van der Waals surface area contributed by atoms with Crippen molar-refractivity contribution in [3.05, 3.63) is 41.0 Å². The van der Waals surface area contributed by atoms with Crippen molar-refractivity contribution in [1.29, 1.82) is 0 Å². The zero-order valence-electron chi connectivity index (χ0n) is 14.7. The number of nitrogens with zero attached hydrogens (tertiary/aromatic N) is 4. The average Bonchev–Trinajstić information content (AvgIpc) is 3.00. The van der Waals surface area contributed by atoms with Crippen LogP contribution in [0.4, 0.5) is 10.5 Å². The van der Waals surface area contributed by atoms with Crippen molar-refractivity contribution in [3.63, 3.8) is 0 Å². The van der Waals surface area contributed by atoms with E-state index < -0.39 is 0 Å². The topological polar surface area (TPSA) is 74.5 Å². The Morgan fingerprint density at radius 3 is 2.85 bits per heavy atom. The van der Waals surface area contributed by atoms with E-state index in [2.05, 4.69) is 20.4 Å². The van der Waals surface area contributed by atoms with Crippen LogP contribution in [-0.4, -0.2) is 53.3 Å². The number of para-hydroxylation sites is 1. The maximum absolute atomic E-state index is 12.5. The molecule has 2 aromatic rings. The molecule has 8 heteroatoms. The normalized spacial score (nSPS) is 20.8. The van der Waals surface area contributed by atoms with Crippen molar-refractivity contribution in [2.45, 2.75) is 31.7 Å². The fourth-order valence-electron chi connectivity index (χ4n) is 3.57. The Labute approximate surface area is 157 Å². The molecule has 0 saturated carbocycles. The van der Waals surface area contributed by atoms with Gasteiger partial charge in [-0.05, 0) is 31.9 Å². The summed E-state index contributed by atoms with van der Waals surface area (Å²) in [6.45, 7) is 4.76. The number of hydrogen-bond acceptors (Lipinski definition) is 5. The number of rotatable bonds is 3. The first-order valence-electron chi connectivity index (χ1n) is 8.95. The van der Waals surface area contributed by atoms with Crippen LogP contribution in [0.15, 0.2) is 28.8 Å². The monoisotopic (exact) mass is 375 g/mol. The smallest absolute Gasteiger partial charge is 0.317 e.